The number of fused-ring (bicyclic) bond motifs is 3. The van der Waals surface area contributed by atoms with Gasteiger partial charge >= 0.3 is 7.12 Å². The Hall–Kier alpha value is -1.78. The minimum Gasteiger partial charge on any atom is -0.464 e. The van der Waals surface area contributed by atoms with E-state index in [-0.39, 0.29) is 0 Å². The zero-order valence-corrected chi connectivity index (χ0v) is 8.42. The molecule has 4 heteroatoms. The highest BCUT2D eigenvalue weighted by atomic mass is 16.4. The van der Waals surface area contributed by atoms with Crippen LogP contribution in [0.2, 0.25) is 0 Å². The average Bonchev–Trinajstić information content (AvgIpc) is 2.76. The van der Waals surface area contributed by atoms with Crippen LogP contribution in [0.1, 0.15) is 0 Å². The first-order valence-electron chi connectivity index (χ1n) is 5.02. The van der Waals surface area contributed by atoms with Crippen molar-refractivity contribution in [3.8, 4) is 0 Å². The van der Waals surface area contributed by atoms with Crippen LogP contribution in [0.15, 0.2) is 47.1 Å². The Bertz CT molecular complexity index is 657. The maximum absolute atomic E-state index is 9.34. The predicted molar refractivity (Wildman–Crippen MR) is 63.5 cm³/mol. The first kappa shape index (κ1) is 9.45. The zero-order chi connectivity index (χ0) is 11.1. The number of rotatable bonds is 1. The summed E-state index contributed by atoms with van der Waals surface area (Å²) in [5, 5.41) is 21.4. The van der Waals surface area contributed by atoms with E-state index in [9.17, 15) is 10.0 Å². The lowest BCUT2D eigenvalue weighted by Crippen LogP contribution is -2.30. The molecule has 0 bridgehead atoms. The monoisotopic (exact) mass is 212 g/mol. The normalized spacial score (nSPS) is 11.1. The van der Waals surface area contributed by atoms with Crippen LogP contribution in [0.4, 0.5) is 0 Å². The molecular formula is C12H9BO3. The van der Waals surface area contributed by atoms with Crippen molar-refractivity contribution in [3.05, 3.63) is 42.7 Å². The molecule has 2 N–H and O–H groups in total. The Kier molecular flexibility index (Phi) is 1.99. The van der Waals surface area contributed by atoms with Gasteiger partial charge in [-0.2, -0.15) is 0 Å². The molecule has 2 aromatic carbocycles. The van der Waals surface area contributed by atoms with E-state index in [1.807, 2.05) is 30.3 Å². The maximum Gasteiger partial charge on any atom is 0.489 e. The van der Waals surface area contributed by atoms with Gasteiger partial charge < -0.3 is 14.5 Å². The van der Waals surface area contributed by atoms with Gasteiger partial charge in [0.05, 0.1) is 6.26 Å². The zero-order valence-electron chi connectivity index (χ0n) is 8.42. The number of hydrogen-bond acceptors (Lipinski definition) is 3. The standard InChI is InChI=1S/C12H9BO3/c14-13(15)10-3-1-2-8-4-5-11-9(12(8)10)6-7-16-11/h1-7,14-15H. The van der Waals surface area contributed by atoms with Gasteiger partial charge in [0.2, 0.25) is 0 Å². The largest absolute Gasteiger partial charge is 0.489 e. The number of furan rings is 1. The molecule has 1 aromatic heterocycles. The van der Waals surface area contributed by atoms with Gasteiger partial charge in [0, 0.05) is 5.39 Å². The highest BCUT2D eigenvalue weighted by Crippen LogP contribution is 2.24. The molecule has 0 spiro atoms. The summed E-state index contributed by atoms with van der Waals surface area (Å²) in [6.45, 7) is 0. The smallest absolute Gasteiger partial charge is 0.464 e. The van der Waals surface area contributed by atoms with Crippen molar-refractivity contribution in [2.75, 3.05) is 0 Å². The Labute approximate surface area is 92.1 Å². The molecule has 0 radical (unpaired) electrons. The Morgan fingerprint density at radius 1 is 1.00 bits per heavy atom. The number of hydrogen-bond donors (Lipinski definition) is 2. The summed E-state index contributed by atoms with van der Waals surface area (Å²) in [6.07, 6.45) is 1.60. The van der Waals surface area contributed by atoms with Gasteiger partial charge in [-0.15, -0.1) is 0 Å². The van der Waals surface area contributed by atoms with Gasteiger partial charge in [0.15, 0.2) is 0 Å². The summed E-state index contributed by atoms with van der Waals surface area (Å²) in [7, 11) is -1.47. The molecule has 0 amide bonds. The summed E-state index contributed by atoms with van der Waals surface area (Å²) >= 11 is 0. The molecule has 0 aliphatic carbocycles. The second-order valence-corrected chi connectivity index (χ2v) is 3.72. The quantitative estimate of drug-likeness (QED) is 0.597. The van der Waals surface area contributed by atoms with Crippen molar-refractivity contribution in [3.63, 3.8) is 0 Å². The molecule has 0 unspecified atom stereocenters. The number of benzene rings is 2. The third-order valence-corrected chi connectivity index (χ3v) is 2.79. The predicted octanol–water partition coefficient (Wildman–Crippen LogP) is 1.27. The van der Waals surface area contributed by atoms with E-state index in [4.69, 9.17) is 4.42 Å². The van der Waals surface area contributed by atoms with E-state index >= 15 is 0 Å². The maximum atomic E-state index is 9.34. The molecule has 0 atom stereocenters. The summed E-state index contributed by atoms with van der Waals surface area (Å²) < 4.78 is 5.30. The third kappa shape index (κ3) is 1.24. The fraction of sp³-hybridized carbons (Fsp3) is 0. The lowest BCUT2D eigenvalue weighted by atomic mass is 9.76. The second kappa shape index (κ2) is 3.37. The van der Waals surface area contributed by atoms with Crippen molar-refractivity contribution in [2.45, 2.75) is 0 Å². The van der Waals surface area contributed by atoms with Crippen LogP contribution in [-0.4, -0.2) is 17.2 Å². The van der Waals surface area contributed by atoms with Crippen LogP contribution < -0.4 is 5.46 Å². The van der Waals surface area contributed by atoms with E-state index in [1.54, 1.807) is 12.3 Å². The minimum absolute atomic E-state index is 0.504. The van der Waals surface area contributed by atoms with Crippen LogP contribution >= 0.6 is 0 Å². The summed E-state index contributed by atoms with van der Waals surface area (Å²) in [4.78, 5) is 0. The third-order valence-electron chi connectivity index (χ3n) is 2.79. The minimum atomic E-state index is -1.47. The van der Waals surface area contributed by atoms with E-state index < -0.39 is 7.12 Å². The summed E-state index contributed by atoms with van der Waals surface area (Å²) in [5.74, 6) is 0. The van der Waals surface area contributed by atoms with Gasteiger partial charge in [-0.05, 0) is 28.4 Å². The molecule has 78 valence electrons. The van der Waals surface area contributed by atoms with E-state index in [0.717, 1.165) is 21.7 Å². The molecular weight excluding hydrogens is 203 g/mol. The van der Waals surface area contributed by atoms with Gasteiger partial charge in [0.25, 0.3) is 0 Å². The SMILES string of the molecule is OB(O)c1cccc2ccc3occc3c12. The van der Waals surface area contributed by atoms with E-state index in [2.05, 4.69) is 0 Å². The second-order valence-electron chi connectivity index (χ2n) is 3.72. The summed E-state index contributed by atoms with van der Waals surface area (Å²) in [6, 6.07) is 11.1. The van der Waals surface area contributed by atoms with E-state index in [1.165, 1.54) is 0 Å². The van der Waals surface area contributed by atoms with Gasteiger partial charge in [-0.1, -0.05) is 24.3 Å². The Balaban J connectivity index is 2.54. The van der Waals surface area contributed by atoms with Crippen molar-refractivity contribution >= 4 is 34.3 Å². The molecule has 0 aliphatic rings. The fourth-order valence-corrected chi connectivity index (χ4v) is 2.08. The summed E-state index contributed by atoms with van der Waals surface area (Å²) in [5.41, 5.74) is 1.25. The van der Waals surface area contributed by atoms with Crippen molar-refractivity contribution in [1.29, 1.82) is 0 Å². The molecule has 0 saturated heterocycles. The molecule has 0 aliphatic heterocycles. The molecule has 0 saturated carbocycles. The topological polar surface area (TPSA) is 53.6 Å². The first-order chi connectivity index (χ1) is 7.77. The van der Waals surface area contributed by atoms with E-state index in [0.29, 0.717) is 5.46 Å². The lowest BCUT2D eigenvalue weighted by molar-refractivity contribution is 0.426. The highest BCUT2D eigenvalue weighted by molar-refractivity contribution is 6.62. The molecule has 16 heavy (non-hydrogen) atoms. The highest BCUT2D eigenvalue weighted by Gasteiger charge is 2.16. The molecule has 0 fully saturated rings. The van der Waals surface area contributed by atoms with Gasteiger partial charge in [0.1, 0.15) is 5.58 Å². The van der Waals surface area contributed by atoms with Crippen molar-refractivity contribution in [2.24, 2.45) is 0 Å². The van der Waals surface area contributed by atoms with Gasteiger partial charge in [-0.3, -0.25) is 0 Å². The van der Waals surface area contributed by atoms with Gasteiger partial charge in [-0.25, -0.2) is 0 Å². The van der Waals surface area contributed by atoms with Crippen LogP contribution in [-0.2, 0) is 0 Å². The molecule has 3 aromatic rings. The average molecular weight is 212 g/mol. The first-order valence-corrected chi connectivity index (χ1v) is 5.02. The lowest BCUT2D eigenvalue weighted by Gasteiger charge is -2.06. The van der Waals surface area contributed by atoms with Crippen molar-refractivity contribution < 1.29 is 14.5 Å². The van der Waals surface area contributed by atoms with Crippen LogP contribution in [0.3, 0.4) is 0 Å². The van der Waals surface area contributed by atoms with Crippen LogP contribution in [0.25, 0.3) is 21.7 Å². The molecule has 1 heterocycles. The molecule has 3 nitrogen and oxygen atoms in total. The fourth-order valence-electron chi connectivity index (χ4n) is 2.08. The van der Waals surface area contributed by atoms with Crippen molar-refractivity contribution in [1.82, 2.24) is 0 Å². The Morgan fingerprint density at radius 3 is 2.69 bits per heavy atom. The molecule has 3 rings (SSSR count). The Morgan fingerprint density at radius 2 is 1.88 bits per heavy atom. The van der Waals surface area contributed by atoms with Crippen LogP contribution in [0, 0.1) is 0 Å². The van der Waals surface area contributed by atoms with Crippen LogP contribution in [0.5, 0.6) is 0 Å².